The van der Waals surface area contributed by atoms with Crippen molar-refractivity contribution in [2.45, 2.75) is 32.7 Å². The van der Waals surface area contributed by atoms with E-state index >= 15 is 0 Å². The zero-order chi connectivity index (χ0) is 26.0. The Hall–Kier alpha value is -3.20. The van der Waals surface area contributed by atoms with Gasteiger partial charge in [0.2, 0.25) is 0 Å². The summed E-state index contributed by atoms with van der Waals surface area (Å²) in [6, 6.07) is 14.5. The molecule has 1 saturated heterocycles. The van der Waals surface area contributed by atoms with Gasteiger partial charge in [-0.2, -0.15) is 13.2 Å². The molecule has 0 atom stereocenters. The van der Waals surface area contributed by atoms with Crippen LogP contribution in [-0.4, -0.2) is 53.0 Å². The lowest BCUT2D eigenvalue weighted by Gasteiger charge is -2.32. The van der Waals surface area contributed by atoms with Gasteiger partial charge < -0.3 is 15.2 Å². The maximum atomic E-state index is 13.8. The standard InChI is InChI=1S/C29H32F3N5/c1-20-3-4-23(14-26(20)18-33-16-22-12-24-5-6-34-28(24)35-17-22)25-11-21(13-27(15-25)29(30,31)32)19-37-9-7-36(2)8-10-37/h3-6,11-15,17,33H,7-10,16,18-19H2,1-2H3,(H,34,35). The highest BCUT2D eigenvalue weighted by Crippen LogP contribution is 2.34. The number of aromatic nitrogens is 2. The molecule has 0 bridgehead atoms. The van der Waals surface area contributed by atoms with E-state index in [1.165, 1.54) is 12.1 Å². The van der Waals surface area contributed by atoms with E-state index in [0.29, 0.717) is 30.8 Å². The van der Waals surface area contributed by atoms with E-state index in [2.05, 4.69) is 38.2 Å². The van der Waals surface area contributed by atoms with Crippen molar-refractivity contribution >= 4 is 11.0 Å². The van der Waals surface area contributed by atoms with Gasteiger partial charge in [-0.05, 0) is 83.8 Å². The molecule has 5 nitrogen and oxygen atoms in total. The number of pyridine rings is 1. The Morgan fingerprint density at radius 1 is 0.919 bits per heavy atom. The Morgan fingerprint density at radius 3 is 2.51 bits per heavy atom. The number of aryl methyl sites for hydroxylation is 1. The first-order valence-electron chi connectivity index (χ1n) is 12.6. The van der Waals surface area contributed by atoms with Crippen molar-refractivity contribution in [1.82, 2.24) is 25.1 Å². The third-order valence-electron chi connectivity index (χ3n) is 7.11. The summed E-state index contributed by atoms with van der Waals surface area (Å²) >= 11 is 0. The van der Waals surface area contributed by atoms with Crippen LogP contribution in [0.2, 0.25) is 0 Å². The summed E-state index contributed by atoms with van der Waals surface area (Å²) in [6.07, 6.45) is -0.676. The maximum Gasteiger partial charge on any atom is 0.416 e. The van der Waals surface area contributed by atoms with E-state index < -0.39 is 11.7 Å². The van der Waals surface area contributed by atoms with Crippen LogP contribution in [0.3, 0.4) is 0 Å². The molecule has 5 rings (SSSR count). The molecule has 1 fully saturated rings. The van der Waals surface area contributed by atoms with Crippen molar-refractivity contribution in [2.24, 2.45) is 0 Å². The average molecular weight is 508 g/mol. The van der Waals surface area contributed by atoms with Gasteiger partial charge in [-0.15, -0.1) is 0 Å². The van der Waals surface area contributed by atoms with E-state index in [0.717, 1.165) is 59.5 Å². The van der Waals surface area contributed by atoms with Crippen LogP contribution >= 0.6 is 0 Å². The molecule has 2 N–H and O–H groups in total. The first-order chi connectivity index (χ1) is 17.7. The number of hydrogen-bond donors (Lipinski definition) is 2. The predicted molar refractivity (Wildman–Crippen MR) is 141 cm³/mol. The van der Waals surface area contributed by atoms with Gasteiger partial charge in [-0.3, -0.25) is 4.90 Å². The minimum atomic E-state index is -4.39. The van der Waals surface area contributed by atoms with Crippen molar-refractivity contribution in [3.05, 3.63) is 88.7 Å². The Balaban J connectivity index is 1.35. The molecular formula is C29H32F3N5. The number of aromatic amines is 1. The van der Waals surface area contributed by atoms with Gasteiger partial charge in [-0.25, -0.2) is 4.98 Å². The van der Waals surface area contributed by atoms with Gasteiger partial charge in [0.15, 0.2) is 0 Å². The second kappa shape index (κ2) is 10.7. The first-order valence-corrected chi connectivity index (χ1v) is 12.6. The Morgan fingerprint density at radius 2 is 1.73 bits per heavy atom. The van der Waals surface area contributed by atoms with Crippen molar-refractivity contribution in [2.75, 3.05) is 33.2 Å². The number of benzene rings is 2. The SMILES string of the molecule is Cc1ccc(-c2cc(CN3CCN(C)CC3)cc(C(F)(F)F)c2)cc1CNCc1cnc2[nH]ccc2c1. The van der Waals surface area contributed by atoms with Crippen LogP contribution < -0.4 is 5.32 Å². The van der Waals surface area contributed by atoms with Gasteiger partial charge in [0.1, 0.15) is 5.65 Å². The van der Waals surface area contributed by atoms with Crippen LogP contribution in [0.15, 0.2) is 60.9 Å². The number of fused-ring (bicyclic) bond motifs is 1. The highest BCUT2D eigenvalue weighted by Gasteiger charge is 2.31. The molecule has 0 amide bonds. The molecule has 1 aliphatic rings. The number of piperazine rings is 1. The Labute approximate surface area is 215 Å². The number of hydrogen-bond acceptors (Lipinski definition) is 4. The number of nitrogens with one attached hydrogen (secondary N) is 2. The molecule has 194 valence electrons. The molecule has 3 heterocycles. The summed E-state index contributed by atoms with van der Waals surface area (Å²) in [4.78, 5) is 12.0. The Kier molecular flexibility index (Phi) is 7.33. The summed E-state index contributed by atoms with van der Waals surface area (Å²) in [6.45, 7) is 7.37. The fourth-order valence-electron chi connectivity index (χ4n) is 4.84. The summed E-state index contributed by atoms with van der Waals surface area (Å²) in [7, 11) is 2.07. The van der Waals surface area contributed by atoms with E-state index in [-0.39, 0.29) is 0 Å². The van der Waals surface area contributed by atoms with Crippen LogP contribution in [-0.2, 0) is 25.8 Å². The quantitative estimate of drug-likeness (QED) is 0.342. The molecule has 1 aliphatic heterocycles. The minimum Gasteiger partial charge on any atom is -0.346 e. The first kappa shape index (κ1) is 25.4. The fraction of sp³-hybridized carbons (Fsp3) is 0.345. The number of rotatable bonds is 7. The summed E-state index contributed by atoms with van der Waals surface area (Å²) in [5.41, 5.74) is 5.59. The molecule has 0 saturated carbocycles. The van der Waals surface area contributed by atoms with Crippen molar-refractivity contribution in [3.63, 3.8) is 0 Å². The highest BCUT2D eigenvalue weighted by molar-refractivity contribution is 5.75. The number of alkyl halides is 3. The van der Waals surface area contributed by atoms with Crippen LogP contribution in [0.4, 0.5) is 13.2 Å². The molecule has 2 aromatic heterocycles. The lowest BCUT2D eigenvalue weighted by atomic mass is 9.96. The highest BCUT2D eigenvalue weighted by atomic mass is 19.4. The van der Waals surface area contributed by atoms with Gasteiger partial charge in [0, 0.05) is 63.6 Å². The van der Waals surface area contributed by atoms with Gasteiger partial charge >= 0.3 is 6.18 Å². The zero-order valence-electron chi connectivity index (χ0n) is 21.2. The van der Waals surface area contributed by atoms with E-state index in [4.69, 9.17) is 0 Å². The summed E-state index contributed by atoms with van der Waals surface area (Å²) in [5.74, 6) is 0. The number of nitrogens with zero attached hydrogens (tertiary/aromatic N) is 3. The van der Waals surface area contributed by atoms with Crippen LogP contribution in [0, 0.1) is 6.92 Å². The lowest BCUT2D eigenvalue weighted by Crippen LogP contribution is -2.43. The smallest absolute Gasteiger partial charge is 0.346 e. The topological polar surface area (TPSA) is 47.2 Å². The van der Waals surface area contributed by atoms with Crippen molar-refractivity contribution in [3.8, 4) is 11.1 Å². The van der Waals surface area contributed by atoms with E-state index in [1.54, 1.807) is 0 Å². The van der Waals surface area contributed by atoms with Crippen LogP contribution in [0.5, 0.6) is 0 Å². The molecule has 0 aliphatic carbocycles. The van der Waals surface area contributed by atoms with E-state index in [1.807, 2.05) is 49.6 Å². The third kappa shape index (κ3) is 6.21. The van der Waals surface area contributed by atoms with Crippen LogP contribution in [0.25, 0.3) is 22.2 Å². The van der Waals surface area contributed by atoms with E-state index in [9.17, 15) is 13.2 Å². The number of likely N-dealkylation sites (N-methyl/N-ethyl adjacent to an activating group) is 1. The normalized spacial score (nSPS) is 15.5. The minimum absolute atomic E-state index is 0.518. The monoisotopic (exact) mass is 507 g/mol. The van der Waals surface area contributed by atoms with Gasteiger partial charge in [0.05, 0.1) is 5.56 Å². The van der Waals surface area contributed by atoms with Gasteiger partial charge in [0.25, 0.3) is 0 Å². The molecule has 0 unspecified atom stereocenters. The molecule has 0 radical (unpaired) electrons. The zero-order valence-corrected chi connectivity index (χ0v) is 21.2. The molecule has 4 aromatic rings. The molecule has 37 heavy (non-hydrogen) atoms. The summed E-state index contributed by atoms with van der Waals surface area (Å²) in [5, 5.41) is 4.52. The Bertz CT molecular complexity index is 1370. The largest absolute Gasteiger partial charge is 0.416 e. The molecular weight excluding hydrogens is 475 g/mol. The maximum absolute atomic E-state index is 13.8. The third-order valence-corrected chi connectivity index (χ3v) is 7.11. The second-order valence-electron chi connectivity index (χ2n) is 10.00. The molecule has 2 aromatic carbocycles. The number of halogens is 3. The van der Waals surface area contributed by atoms with Crippen molar-refractivity contribution < 1.29 is 13.2 Å². The summed E-state index contributed by atoms with van der Waals surface area (Å²) < 4.78 is 41.4. The second-order valence-corrected chi connectivity index (χ2v) is 10.00. The van der Waals surface area contributed by atoms with Gasteiger partial charge in [-0.1, -0.05) is 12.1 Å². The predicted octanol–water partition coefficient (Wildman–Crippen LogP) is 5.59. The van der Waals surface area contributed by atoms with Crippen molar-refractivity contribution in [1.29, 1.82) is 0 Å². The fourth-order valence-corrected chi connectivity index (χ4v) is 4.84. The number of H-pyrrole nitrogens is 1. The molecule has 8 heteroatoms. The molecule has 0 spiro atoms. The lowest BCUT2D eigenvalue weighted by molar-refractivity contribution is -0.137. The average Bonchev–Trinajstić information content (AvgIpc) is 3.34. The van der Waals surface area contributed by atoms with Crippen LogP contribution in [0.1, 0.15) is 27.8 Å².